The number of hydrogen-bond acceptors (Lipinski definition) is 2. The van der Waals surface area contributed by atoms with Crippen LogP contribution in [-0.4, -0.2) is 26.7 Å². The highest BCUT2D eigenvalue weighted by atomic mass is 31.2. The van der Waals surface area contributed by atoms with Gasteiger partial charge in [-0.05, 0) is 12.8 Å². The Morgan fingerprint density at radius 1 is 1.18 bits per heavy atom. The van der Waals surface area contributed by atoms with Crippen molar-refractivity contribution in [3.05, 3.63) is 0 Å². The first-order chi connectivity index (χ1) is 5.02. The summed E-state index contributed by atoms with van der Waals surface area (Å²) >= 11 is 0. The molecule has 1 saturated carbocycles. The Morgan fingerprint density at radius 2 is 1.73 bits per heavy atom. The molecule has 0 heterocycles. The third-order valence-electron chi connectivity index (χ3n) is 2.13. The third kappa shape index (κ3) is 2.27. The monoisotopic (exact) mass is 180 g/mol. The Morgan fingerprint density at radius 3 is 2.09 bits per heavy atom. The van der Waals surface area contributed by atoms with E-state index in [0.29, 0.717) is 12.8 Å². The molecular formula is C6H13O4P. The molecule has 0 bridgehead atoms. The number of hydrogen-bond donors (Lipinski definition) is 3. The van der Waals surface area contributed by atoms with Gasteiger partial charge in [0.1, 0.15) is 0 Å². The highest BCUT2D eigenvalue weighted by Crippen LogP contribution is 2.47. The molecule has 2 atom stereocenters. The van der Waals surface area contributed by atoms with Crippen LogP contribution in [0.4, 0.5) is 0 Å². The van der Waals surface area contributed by atoms with Gasteiger partial charge < -0.3 is 14.9 Å². The second kappa shape index (κ2) is 3.23. The van der Waals surface area contributed by atoms with Crippen LogP contribution < -0.4 is 0 Å². The molecule has 5 heteroatoms. The minimum atomic E-state index is -4.05. The van der Waals surface area contributed by atoms with E-state index >= 15 is 0 Å². The molecule has 3 N–H and O–H groups in total. The fraction of sp³-hybridized carbons (Fsp3) is 1.00. The van der Waals surface area contributed by atoms with E-state index in [0.717, 1.165) is 12.8 Å². The molecule has 0 aliphatic heterocycles. The molecule has 0 amide bonds. The Labute approximate surface area is 65.4 Å². The van der Waals surface area contributed by atoms with Crippen LogP contribution in [-0.2, 0) is 4.57 Å². The summed E-state index contributed by atoms with van der Waals surface area (Å²) in [6.45, 7) is 0. The van der Waals surface area contributed by atoms with Crippen molar-refractivity contribution < 1.29 is 19.5 Å². The second-order valence-corrected chi connectivity index (χ2v) is 4.85. The topological polar surface area (TPSA) is 77.8 Å². The molecule has 0 aromatic heterocycles. The molecular weight excluding hydrogens is 167 g/mol. The summed E-state index contributed by atoms with van der Waals surface area (Å²) in [5.41, 5.74) is -0.809. The highest BCUT2D eigenvalue weighted by Gasteiger charge is 2.36. The van der Waals surface area contributed by atoms with Gasteiger partial charge in [0.2, 0.25) is 0 Å². The smallest absolute Gasteiger partial charge is 0.331 e. The van der Waals surface area contributed by atoms with E-state index in [1.54, 1.807) is 0 Å². The molecule has 1 rings (SSSR count). The summed E-state index contributed by atoms with van der Waals surface area (Å²) in [5, 5.41) is 9.21. The number of rotatable bonds is 1. The van der Waals surface area contributed by atoms with Gasteiger partial charge in [0, 0.05) is 0 Å². The minimum absolute atomic E-state index is 0.450. The van der Waals surface area contributed by atoms with Gasteiger partial charge in [-0.2, -0.15) is 0 Å². The van der Waals surface area contributed by atoms with Crippen molar-refractivity contribution in [3.8, 4) is 0 Å². The fourth-order valence-electron chi connectivity index (χ4n) is 1.48. The average Bonchev–Trinajstić information content (AvgIpc) is 1.86. The Bertz CT molecular complexity index is 175. The molecule has 0 spiro atoms. The van der Waals surface area contributed by atoms with Crippen LogP contribution in [0, 0.1) is 0 Å². The van der Waals surface area contributed by atoms with Crippen LogP contribution in [0.2, 0.25) is 0 Å². The van der Waals surface area contributed by atoms with Gasteiger partial charge >= 0.3 is 7.60 Å². The molecule has 1 fully saturated rings. The molecule has 1 aliphatic rings. The zero-order valence-corrected chi connectivity index (χ0v) is 7.07. The normalized spacial score (nSPS) is 33.7. The highest BCUT2D eigenvalue weighted by molar-refractivity contribution is 7.52. The molecule has 1 aliphatic carbocycles. The van der Waals surface area contributed by atoms with Gasteiger partial charge in [0.25, 0.3) is 0 Å². The third-order valence-corrected chi connectivity index (χ3v) is 3.59. The fourth-order valence-corrected chi connectivity index (χ4v) is 2.60. The van der Waals surface area contributed by atoms with Gasteiger partial charge in [-0.25, -0.2) is 0 Å². The van der Waals surface area contributed by atoms with E-state index in [1.165, 1.54) is 0 Å². The molecule has 4 nitrogen and oxygen atoms in total. The first kappa shape index (κ1) is 9.20. The standard InChI is InChI=1S/C6H13O4P/c7-5-3-1-2-4-6(5)11(8,9)10/h5-7H,1-4H2,(H2,8,9,10)/t5-,6-/m0/s1. The molecule has 0 aromatic rings. The number of aliphatic hydroxyl groups is 1. The van der Waals surface area contributed by atoms with E-state index < -0.39 is 19.4 Å². The van der Waals surface area contributed by atoms with Crippen LogP contribution in [0.3, 0.4) is 0 Å². The predicted molar refractivity (Wildman–Crippen MR) is 40.3 cm³/mol. The zero-order valence-electron chi connectivity index (χ0n) is 6.18. The molecule has 66 valence electrons. The lowest BCUT2D eigenvalue weighted by Gasteiger charge is -2.27. The summed E-state index contributed by atoms with van der Waals surface area (Å²) in [6, 6.07) is 0. The summed E-state index contributed by atoms with van der Waals surface area (Å²) in [4.78, 5) is 17.5. The van der Waals surface area contributed by atoms with Crippen molar-refractivity contribution in [3.63, 3.8) is 0 Å². The largest absolute Gasteiger partial charge is 0.392 e. The van der Waals surface area contributed by atoms with Crippen molar-refractivity contribution >= 4 is 7.60 Å². The lowest BCUT2D eigenvalue weighted by molar-refractivity contribution is 0.122. The van der Waals surface area contributed by atoms with Gasteiger partial charge in [0.05, 0.1) is 11.8 Å². The van der Waals surface area contributed by atoms with Gasteiger partial charge in [-0.1, -0.05) is 12.8 Å². The summed E-state index contributed by atoms with van der Waals surface area (Å²) in [6.07, 6.45) is 1.86. The minimum Gasteiger partial charge on any atom is -0.392 e. The average molecular weight is 180 g/mol. The SMILES string of the molecule is O=P(O)(O)[C@H]1CCCC[C@@H]1O. The summed E-state index contributed by atoms with van der Waals surface area (Å²) in [5.74, 6) is 0. The van der Waals surface area contributed by atoms with Crippen LogP contribution in [0.15, 0.2) is 0 Å². The van der Waals surface area contributed by atoms with Crippen LogP contribution in [0.25, 0.3) is 0 Å². The van der Waals surface area contributed by atoms with E-state index in [-0.39, 0.29) is 0 Å². The Hall–Kier alpha value is 0.110. The van der Waals surface area contributed by atoms with Crippen molar-refractivity contribution in [1.82, 2.24) is 0 Å². The maximum atomic E-state index is 10.7. The van der Waals surface area contributed by atoms with Gasteiger partial charge in [0.15, 0.2) is 0 Å². The van der Waals surface area contributed by atoms with Crippen LogP contribution in [0.1, 0.15) is 25.7 Å². The van der Waals surface area contributed by atoms with Crippen molar-refractivity contribution in [2.24, 2.45) is 0 Å². The molecule has 0 unspecified atom stereocenters. The lowest BCUT2D eigenvalue weighted by Crippen LogP contribution is -2.29. The van der Waals surface area contributed by atoms with Crippen LogP contribution in [0.5, 0.6) is 0 Å². The maximum Gasteiger partial charge on any atom is 0.331 e. The second-order valence-electron chi connectivity index (χ2n) is 3.01. The molecule has 0 radical (unpaired) electrons. The van der Waals surface area contributed by atoms with Crippen molar-refractivity contribution in [1.29, 1.82) is 0 Å². The van der Waals surface area contributed by atoms with Gasteiger partial charge in [-0.15, -0.1) is 0 Å². The molecule has 0 aromatic carbocycles. The maximum absolute atomic E-state index is 10.7. The first-order valence-corrected chi connectivity index (χ1v) is 5.43. The summed E-state index contributed by atoms with van der Waals surface area (Å²) < 4.78 is 10.7. The predicted octanol–water partition coefficient (Wildman–Crippen LogP) is 0.468. The van der Waals surface area contributed by atoms with Crippen molar-refractivity contribution in [2.45, 2.75) is 37.4 Å². The van der Waals surface area contributed by atoms with Crippen molar-refractivity contribution in [2.75, 3.05) is 0 Å². The lowest BCUT2D eigenvalue weighted by atomic mass is 9.97. The van der Waals surface area contributed by atoms with E-state index in [1.807, 2.05) is 0 Å². The first-order valence-electron chi connectivity index (χ1n) is 3.75. The summed E-state index contributed by atoms with van der Waals surface area (Å²) in [7, 11) is -4.05. The Balaban J connectivity index is 2.62. The molecule has 11 heavy (non-hydrogen) atoms. The van der Waals surface area contributed by atoms with E-state index in [2.05, 4.69) is 0 Å². The number of aliphatic hydroxyl groups excluding tert-OH is 1. The Kier molecular flexibility index (Phi) is 2.70. The van der Waals surface area contributed by atoms with Gasteiger partial charge in [-0.3, -0.25) is 4.57 Å². The van der Waals surface area contributed by atoms with E-state index in [4.69, 9.17) is 9.79 Å². The van der Waals surface area contributed by atoms with Crippen LogP contribution >= 0.6 is 7.60 Å². The molecule has 0 saturated heterocycles. The quantitative estimate of drug-likeness (QED) is 0.512. The van der Waals surface area contributed by atoms with E-state index in [9.17, 15) is 9.67 Å². The zero-order chi connectivity index (χ0) is 8.48.